The summed E-state index contributed by atoms with van der Waals surface area (Å²) in [5.41, 5.74) is -0.634. The van der Waals surface area contributed by atoms with Crippen LogP contribution in [0.15, 0.2) is 108 Å². The third kappa shape index (κ3) is 8.43. The minimum Gasteiger partial charge on any atom is -0.355 e. The number of nitrogens with one attached hydrogen (secondary N) is 1. The number of carbonyl (C=O) groups is 2. The second-order valence-corrected chi connectivity index (χ2v) is 12.5. The first-order chi connectivity index (χ1) is 21.8. The molecule has 4 aromatic rings. The van der Waals surface area contributed by atoms with Crippen molar-refractivity contribution in [2.75, 3.05) is 17.4 Å². The van der Waals surface area contributed by atoms with Crippen molar-refractivity contribution in [3.8, 4) is 0 Å². The van der Waals surface area contributed by atoms with Gasteiger partial charge < -0.3 is 10.2 Å². The molecule has 7 nitrogen and oxygen atoms in total. The molecule has 2 amide bonds. The summed E-state index contributed by atoms with van der Waals surface area (Å²) in [6, 6.07) is 22.3. The summed E-state index contributed by atoms with van der Waals surface area (Å²) in [5.74, 6) is -1.96. The van der Waals surface area contributed by atoms with Gasteiger partial charge in [-0.15, -0.1) is 0 Å². The quantitative estimate of drug-likeness (QED) is 0.175. The zero-order valence-electron chi connectivity index (χ0n) is 24.5. The van der Waals surface area contributed by atoms with Crippen molar-refractivity contribution in [1.82, 2.24) is 10.2 Å². The van der Waals surface area contributed by atoms with Crippen LogP contribution in [-0.2, 0) is 38.8 Å². The Balaban J connectivity index is 1.84. The van der Waals surface area contributed by atoms with Gasteiger partial charge in [-0.05, 0) is 60.5 Å². The molecule has 0 aliphatic rings. The number of rotatable bonds is 12. The molecule has 0 unspecified atom stereocenters. The summed E-state index contributed by atoms with van der Waals surface area (Å²) >= 11 is 5.82. The van der Waals surface area contributed by atoms with Gasteiger partial charge in [0.2, 0.25) is 11.8 Å². The largest absolute Gasteiger partial charge is 0.417 e. The molecule has 1 N–H and O–H groups in total. The average Bonchev–Trinajstić information content (AvgIpc) is 3.03. The second kappa shape index (κ2) is 14.8. The van der Waals surface area contributed by atoms with Gasteiger partial charge in [0.15, 0.2) is 0 Å². The van der Waals surface area contributed by atoms with Gasteiger partial charge in [0.05, 0.1) is 21.2 Å². The van der Waals surface area contributed by atoms with Crippen LogP contribution < -0.4 is 9.62 Å². The van der Waals surface area contributed by atoms with Crippen molar-refractivity contribution in [2.24, 2.45) is 0 Å². The summed E-state index contributed by atoms with van der Waals surface area (Å²) in [6.45, 7) is 0.711. The van der Waals surface area contributed by atoms with Crippen LogP contribution in [0.5, 0.6) is 0 Å². The van der Waals surface area contributed by atoms with Crippen LogP contribution in [0.25, 0.3) is 0 Å². The Morgan fingerprint density at radius 1 is 0.870 bits per heavy atom. The lowest BCUT2D eigenvalue weighted by Crippen LogP contribution is -2.53. The number of nitrogens with zero attached hydrogens (tertiary/aromatic N) is 2. The normalized spacial score (nSPS) is 12.3. The number of amides is 2. The Bertz CT molecular complexity index is 1760. The van der Waals surface area contributed by atoms with Gasteiger partial charge >= 0.3 is 6.18 Å². The predicted molar refractivity (Wildman–Crippen MR) is 167 cm³/mol. The summed E-state index contributed by atoms with van der Waals surface area (Å²) in [7, 11) is -4.63. The molecule has 0 heterocycles. The van der Waals surface area contributed by atoms with Gasteiger partial charge in [0, 0.05) is 19.5 Å². The van der Waals surface area contributed by atoms with Gasteiger partial charge in [-0.3, -0.25) is 13.9 Å². The van der Waals surface area contributed by atoms with E-state index in [0.29, 0.717) is 21.5 Å². The lowest BCUT2D eigenvalue weighted by Gasteiger charge is -2.34. The lowest BCUT2D eigenvalue weighted by molar-refractivity contribution is -0.140. The van der Waals surface area contributed by atoms with Crippen LogP contribution in [0, 0.1) is 5.82 Å². The van der Waals surface area contributed by atoms with E-state index >= 15 is 0 Å². The fourth-order valence-electron chi connectivity index (χ4n) is 4.77. The predicted octanol–water partition coefficient (Wildman–Crippen LogP) is 6.47. The topological polar surface area (TPSA) is 86.8 Å². The molecular formula is C33H30ClF4N3O4S. The monoisotopic (exact) mass is 675 g/mol. The number of sulfonamides is 1. The minimum absolute atomic E-state index is 0.0320. The van der Waals surface area contributed by atoms with Crippen molar-refractivity contribution in [2.45, 2.75) is 37.0 Å². The summed E-state index contributed by atoms with van der Waals surface area (Å²) in [5, 5.41) is 2.05. The van der Waals surface area contributed by atoms with Crippen molar-refractivity contribution < 1.29 is 35.6 Å². The number of carbonyl (C=O) groups excluding carboxylic acids is 2. The van der Waals surface area contributed by atoms with Crippen molar-refractivity contribution >= 4 is 39.1 Å². The molecule has 0 spiro atoms. The number of alkyl halides is 3. The summed E-state index contributed by atoms with van der Waals surface area (Å²) in [4.78, 5) is 28.6. The molecule has 0 bridgehead atoms. The highest BCUT2D eigenvalue weighted by Crippen LogP contribution is 2.38. The minimum atomic E-state index is -4.92. The molecule has 0 saturated carbocycles. The van der Waals surface area contributed by atoms with Crippen LogP contribution in [0.2, 0.25) is 5.02 Å². The number of likely N-dealkylation sites (N-methyl/N-ethyl adjacent to an activating group) is 1. The number of benzene rings is 4. The SMILES string of the molecule is CCNC(=O)[C@@H](Cc1ccccc1)N(Cc1ccc(F)cc1)C(=O)CN(c1ccc(Cl)c(C(F)(F)F)c1)S(=O)(=O)c1ccccc1. The van der Waals surface area contributed by atoms with E-state index in [9.17, 15) is 35.6 Å². The maximum Gasteiger partial charge on any atom is 0.417 e. The van der Waals surface area contributed by atoms with Crippen LogP contribution >= 0.6 is 11.6 Å². The zero-order chi connectivity index (χ0) is 33.5. The van der Waals surface area contributed by atoms with E-state index in [2.05, 4.69) is 5.32 Å². The van der Waals surface area contributed by atoms with Crippen molar-refractivity contribution in [1.29, 1.82) is 0 Å². The maximum atomic E-state index is 14.3. The van der Waals surface area contributed by atoms with E-state index in [0.717, 1.165) is 17.0 Å². The van der Waals surface area contributed by atoms with Crippen molar-refractivity contribution in [3.05, 3.63) is 131 Å². The van der Waals surface area contributed by atoms with Gasteiger partial charge in [0.25, 0.3) is 10.0 Å². The van der Waals surface area contributed by atoms with Crippen molar-refractivity contribution in [3.63, 3.8) is 0 Å². The Labute approximate surface area is 269 Å². The van der Waals surface area contributed by atoms with E-state index in [4.69, 9.17) is 11.6 Å². The number of hydrogen-bond donors (Lipinski definition) is 1. The van der Waals surface area contributed by atoms with E-state index < -0.39 is 62.7 Å². The van der Waals surface area contributed by atoms with Crippen LogP contribution in [0.1, 0.15) is 23.6 Å². The maximum absolute atomic E-state index is 14.3. The average molecular weight is 676 g/mol. The van der Waals surface area contributed by atoms with E-state index in [1.54, 1.807) is 43.3 Å². The Morgan fingerprint density at radius 2 is 1.48 bits per heavy atom. The van der Waals surface area contributed by atoms with Crippen LogP contribution in [0.4, 0.5) is 23.2 Å². The molecule has 0 aliphatic heterocycles. The number of anilines is 1. The molecule has 0 aromatic heterocycles. The van der Waals surface area contributed by atoms with Gasteiger partial charge in [0.1, 0.15) is 18.4 Å². The molecule has 0 saturated heterocycles. The first-order valence-corrected chi connectivity index (χ1v) is 15.9. The standard InChI is InChI=1S/C33H30ClF4N3O4S/c1-2-39-32(43)30(19-23-9-5-3-6-10-23)40(21-24-13-15-25(35)16-14-24)31(42)22-41(46(44,45)27-11-7-4-8-12-27)26-17-18-29(34)28(20-26)33(36,37)38/h3-18,20,30H,2,19,21-22H2,1H3,(H,39,43)/t30-/m1/s1. The lowest BCUT2D eigenvalue weighted by atomic mass is 10.0. The molecule has 242 valence electrons. The zero-order valence-corrected chi connectivity index (χ0v) is 26.1. The summed E-state index contributed by atoms with van der Waals surface area (Å²) < 4.78 is 83.8. The Morgan fingerprint density at radius 3 is 2.07 bits per heavy atom. The van der Waals surface area contributed by atoms with Gasteiger partial charge in [-0.25, -0.2) is 12.8 Å². The summed E-state index contributed by atoms with van der Waals surface area (Å²) in [6.07, 6.45) is -4.89. The third-order valence-corrected chi connectivity index (χ3v) is 9.16. The fourth-order valence-corrected chi connectivity index (χ4v) is 6.42. The first kappa shape index (κ1) is 34.5. The fraction of sp³-hybridized carbons (Fsp3) is 0.212. The molecule has 1 atom stereocenters. The Hall–Kier alpha value is -4.42. The van der Waals surface area contributed by atoms with Crippen LogP contribution in [-0.4, -0.2) is 44.3 Å². The number of hydrogen-bond acceptors (Lipinski definition) is 4. The first-order valence-electron chi connectivity index (χ1n) is 14.1. The van der Waals surface area contributed by atoms with E-state index in [1.807, 2.05) is 0 Å². The van der Waals surface area contributed by atoms with E-state index in [1.165, 1.54) is 48.5 Å². The highest BCUT2D eigenvalue weighted by Gasteiger charge is 2.37. The molecule has 0 fully saturated rings. The van der Waals surface area contributed by atoms with E-state index in [-0.39, 0.29) is 24.4 Å². The molecule has 4 aromatic carbocycles. The highest BCUT2D eigenvalue weighted by atomic mass is 35.5. The molecule has 0 aliphatic carbocycles. The molecule has 13 heteroatoms. The second-order valence-electron chi connectivity index (χ2n) is 10.2. The molecular weight excluding hydrogens is 646 g/mol. The number of halogens is 5. The smallest absolute Gasteiger partial charge is 0.355 e. The highest BCUT2D eigenvalue weighted by molar-refractivity contribution is 7.92. The molecule has 4 rings (SSSR count). The van der Waals surface area contributed by atoms with Gasteiger partial charge in [-0.2, -0.15) is 13.2 Å². The van der Waals surface area contributed by atoms with Gasteiger partial charge in [-0.1, -0.05) is 72.3 Å². The van der Waals surface area contributed by atoms with Crippen LogP contribution in [0.3, 0.4) is 0 Å². The Kier molecular flexibility index (Phi) is 11.1. The third-order valence-electron chi connectivity index (χ3n) is 7.04. The molecule has 46 heavy (non-hydrogen) atoms. The molecule has 0 radical (unpaired) electrons.